The third-order valence-corrected chi connectivity index (χ3v) is 3.39. The molecule has 0 fully saturated rings. The van der Waals surface area contributed by atoms with Gasteiger partial charge in [0, 0.05) is 18.0 Å². The first kappa shape index (κ1) is 14.1. The third-order valence-electron chi connectivity index (χ3n) is 3.17. The normalized spacial score (nSPS) is 10.4. The predicted molar refractivity (Wildman–Crippen MR) is 82.5 cm³/mol. The van der Waals surface area contributed by atoms with E-state index in [1.165, 1.54) is 0 Å². The number of nitrogens with zero attached hydrogens (tertiary/aromatic N) is 3. The van der Waals surface area contributed by atoms with Crippen molar-refractivity contribution in [3.05, 3.63) is 70.6 Å². The molecule has 0 aliphatic heterocycles. The predicted octanol–water partition coefficient (Wildman–Crippen LogP) is 2.79. The molecule has 1 amide bonds. The zero-order valence-corrected chi connectivity index (χ0v) is 12.2. The van der Waals surface area contributed by atoms with Crippen molar-refractivity contribution in [2.75, 3.05) is 0 Å². The summed E-state index contributed by atoms with van der Waals surface area (Å²) >= 11 is 5.92. The molecular formula is C16H11ClN4O. The van der Waals surface area contributed by atoms with Gasteiger partial charge < -0.3 is 9.72 Å². The van der Waals surface area contributed by atoms with Gasteiger partial charge in [-0.3, -0.25) is 4.79 Å². The summed E-state index contributed by atoms with van der Waals surface area (Å²) in [6.07, 6.45) is 3.58. The minimum absolute atomic E-state index is 0.209. The van der Waals surface area contributed by atoms with Crippen molar-refractivity contribution in [3.63, 3.8) is 0 Å². The minimum atomic E-state index is -0.209. The molecular weight excluding hydrogens is 300 g/mol. The largest absolute Gasteiger partial charge is 0.346 e. The Balaban J connectivity index is 1.70. The number of nitrogens with one attached hydrogen (secondary N) is 1. The molecule has 2 heterocycles. The Labute approximate surface area is 131 Å². The molecule has 0 bridgehead atoms. The van der Waals surface area contributed by atoms with Gasteiger partial charge in [-0.2, -0.15) is 5.26 Å². The number of aromatic nitrogens is 2. The van der Waals surface area contributed by atoms with Crippen LogP contribution in [0.3, 0.4) is 0 Å². The van der Waals surface area contributed by atoms with Crippen molar-refractivity contribution >= 4 is 23.2 Å². The van der Waals surface area contributed by atoms with Crippen LogP contribution < -0.4 is 5.32 Å². The van der Waals surface area contributed by atoms with Crippen molar-refractivity contribution in [1.29, 1.82) is 5.26 Å². The van der Waals surface area contributed by atoms with E-state index in [9.17, 15) is 4.79 Å². The van der Waals surface area contributed by atoms with Gasteiger partial charge in [-0.1, -0.05) is 11.6 Å². The molecule has 0 radical (unpaired) electrons. The van der Waals surface area contributed by atoms with Gasteiger partial charge in [0.2, 0.25) is 0 Å². The average Bonchev–Trinajstić information content (AvgIpc) is 2.94. The maximum atomic E-state index is 12.0. The molecule has 2 aromatic heterocycles. The van der Waals surface area contributed by atoms with Crippen LogP contribution in [0.25, 0.3) is 5.65 Å². The summed E-state index contributed by atoms with van der Waals surface area (Å²) in [5.41, 5.74) is 2.54. The van der Waals surface area contributed by atoms with E-state index in [2.05, 4.69) is 10.3 Å². The number of nitriles is 1. The fourth-order valence-electron chi connectivity index (χ4n) is 2.07. The Kier molecular flexibility index (Phi) is 3.77. The van der Waals surface area contributed by atoms with Crippen molar-refractivity contribution in [3.8, 4) is 6.07 Å². The van der Waals surface area contributed by atoms with E-state index in [1.54, 1.807) is 36.5 Å². The molecule has 1 aromatic carbocycles. The Morgan fingerprint density at radius 2 is 2.00 bits per heavy atom. The lowest BCUT2D eigenvalue weighted by Gasteiger charge is -2.03. The van der Waals surface area contributed by atoms with Crippen molar-refractivity contribution in [1.82, 2.24) is 14.7 Å². The first-order valence-corrected chi connectivity index (χ1v) is 6.95. The zero-order valence-electron chi connectivity index (χ0n) is 11.5. The molecule has 3 aromatic rings. The number of benzene rings is 1. The summed E-state index contributed by atoms with van der Waals surface area (Å²) in [5, 5.41) is 12.2. The highest BCUT2D eigenvalue weighted by atomic mass is 35.5. The van der Waals surface area contributed by atoms with Gasteiger partial charge in [-0.15, -0.1) is 0 Å². The second kappa shape index (κ2) is 5.88. The number of hydrogen-bond donors (Lipinski definition) is 1. The molecule has 0 aliphatic rings. The van der Waals surface area contributed by atoms with Crippen molar-refractivity contribution < 1.29 is 4.79 Å². The molecule has 3 rings (SSSR count). The fraction of sp³-hybridized carbons (Fsp3) is 0.0625. The lowest BCUT2D eigenvalue weighted by Crippen LogP contribution is -2.22. The van der Waals surface area contributed by atoms with Crippen LogP contribution in [0.1, 0.15) is 21.6 Å². The van der Waals surface area contributed by atoms with E-state index in [4.69, 9.17) is 16.9 Å². The van der Waals surface area contributed by atoms with Crippen molar-refractivity contribution in [2.45, 2.75) is 6.54 Å². The highest BCUT2D eigenvalue weighted by molar-refractivity contribution is 6.30. The Bertz CT molecular complexity index is 877. The van der Waals surface area contributed by atoms with E-state index in [1.807, 2.05) is 22.7 Å². The summed E-state index contributed by atoms with van der Waals surface area (Å²) in [5.74, 6) is -0.209. The number of rotatable bonds is 3. The van der Waals surface area contributed by atoms with Crippen LogP contribution in [-0.2, 0) is 6.54 Å². The van der Waals surface area contributed by atoms with Crippen LogP contribution >= 0.6 is 11.6 Å². The van der Waals surface area contributed by atoms with Gasteiger partial charge in [-0.05, 0) is 36.4 Å². The van der Waals surface area contributed by atoms with Gasteiger partial charge in [0.15, 0.2) is 0 Å². The average molecular weight is 311 g/mol. The van der Waals surface area contributed by atoms with Gasteiger partial charge in [-0.25, -0.2) is 4.98 Å². The lowest BCUT2D eigenvalue weighted by molar-refractivity contribution is 0.0950. The number of hydrogen-bond acceptors (Lipinski definition) is 3. The maximum Gasteiger partial charge on any atom is 0.251 e. The number of carbonyl (C=O) groups excluding carboxylic acids is 1. The highest BCUT2D eigenvalue weighted by Gasteiger charge is 2.07. The van der Waals surface area contributed by atoms with E-state index >= 15 is 0 Å². The first-order valence-electron chi connectivity index (χ1n) is 6.57. The molecule has 6 heteroatoms. The van der Waals surface area contributed by atoms with E-state index in [0.29, 0.717) is 22.7 Å². The van der Waals surface area contributed by atoms with Crippen LogP contribution in [0.5, 0.6) is 0 Å². The zero-order chi connectivity index (χ0) is 15.5. The SMILES string of the molecule is N#Cc1ccc(C(=O)NCc2cn3cc(Cl)ccc3n2)cc1. The summed E-state index contributed by atoms with van der Waals surface area (Å²) in [7, 11) is 0. The lowest BCUT2D eigenvalue weighted by atomic mass is 10.1. The number of carbonyl (C=O) groups is 1. The summed E-state index contributed by atoms with van der Waals surface area (Å²) in [4.78, 5) is 16.4. The van der Waals surface area contributed by atoms with E-state index < -0.39 is 0 Å². The van der Waals surface area contributed by atoms with Crippen molar-refractivity contribution in [2.24, 2.45) is 0 Å². The van der Waals surface area contributed by atoms with Crippen LogP contribution in [0.2, 0.25) is 5.02 Å². The van der Waals surface area contributed by atoms with Crippen LogP contribution in [0.15, 0.2) is 48.8 Å². The molecule has 0 unspecified atom stereocenters. The number of halogens is 1. The smallest absolute Gasteiger partial charge is 0.251 e. The molecule has 0 aliphatic carbocycles. The Morgan fingerprint density at radius 3 is 2.73 bits per heavy atom. The third kappa shape index (κ3) is 2.92. The summed E-state index contributed by atoms with van der Waals surface area (Å²) < 4.78 is 1.81. The number of pyridine rings is 1. The Morgan fingerprint density at radius 1 is 1.23 bits per heavy atom. The molecule has 0 spiro atoms. The number of imidazole rings is 1. The standard InChI is InChI=1S/C16H11ClN4O/c17-13-5-6-15-20-14(10-21(15)9-13)8-19-16(22)12-3-1-11(7-18)2-4-12/h1-6,9-10H,8H2,(H,19,22). The molecule has 108 valence electrons. The molecule has 0 atom stereocenters. The van der Waals surface area contributed by atoms with Gasteiger partial charge in [0.25, 0.3) is 5.91 Å². The first-order chi connectivity index (χ1) is 10.7. The molecule has 0 saturated heterocycles. The van der Waals surface area contributed by atoms with Crippen LogP contribution in [0, 0.1) is 11.3 Å². The number of amides is 1. The quantitative estimate of drug-likeness (QED) is 0.808. The minimum Gasteiger partial charge on any atom is -0.346 e. The van der Waals surface area contributed by atoms with E-state index in [-0.39, 0.29) is 5.91 Å². The number of fused-ring (bicyclic) bond motifs is 1. The van der Waals surface area contributed by atoms with Gasteiger partial charge in [0.1, 0.15) is 5.65 Å². The van der Waals surface area contributed by atoms with Crippen LogP contribution in [0.4, 0.5) is 0 Å². The van der Waals surface area contributed by atoms with Gasteiger partial charge in [0.05, 0.1) is 28.9 Å². The molecule has 5 nitrogen and oxygen atoms in total. The highest BCUT2D eigenvalue weighted by Crippen LogP contribution is 2.12. The second-order valence-corrected chi connectivity index (χ2v) is 5.15. The Hall–Kier alpha value is -2.84. The fourth-order valence-corrected chi connectivity index (χ4v) is 2.24. The second-order valence-electron chi connectivity index (χ2n) is 4.72. The monoisotopic (exact) mass is 310 g/mol. The van der Waals surface area contributed by atoms with Crippen LogP contribution in [-0.4, -0.2) is 15.3 Å². The maximum absolute atomic E-state index is 12.0. The molecule has 22 heavy (non-hydrogen) atoms. The van der Waals surface area contributed by atoms with E-state index in [0.717, 1.165) is 11.3 Å². The molecule has 1 N–H and O–H groups in total. The topological polar surface area (TPSA) is 70.2 Å². The molecule has 0 saturated carbocycles. The summed E-state index contributed by atoms with van der Waals surface area (Å²) in [6.45, 7) is 0.318. The summed E-state index contributed by atoms with van der Waals surface area (Å²) in [6, 6.07) is 12.1. The van der Waals surface area contributed by atoms with Gasteiger partial charge >= 0.3 is 0 Å².